The van der Waals surface area contributed by atoms with Crippen LogP contribution in [0.5, 0.6) is 5.75 Å². The second-order valence-corrected chi connectivity index (χ2v) is 13.8. The summed E-state index contributed by atoms with van der Waals surface area (Å²) < 4.78 is -0.803. The van der Waals surface area contributed by atoms with Crippen molar-refractivity contribution >= 4 is 58.3 Å². The zero-order valence-electron chi connectivity index (χ0n) is 25.6. The Balaban J connectivity index is 1.21. The number of rotatable bonds is 7. The highest BCUT2D eigenvalue weighted by Crippen LogP contribution is 2.50. The zero-order valence-corrected chi connectivity index (χ0v) is 26.4. The number of nitrogens with zero attached hydrogens (tertiary/aromatic N) is 5. The fourth-order valence-electron chi connectivity index (χ4n) is 6.10. The third-order valence-corrected chi connectivity index (χ3v) is 10.2. The van der Waals surface area contributed by atoms with Crippen LogP contribution < -0.4 is 21.0 Å². The van der Waals surface area contributed by atoms with Crippen LogP contribution in [0.15, 0.2) is 41.5 Å². The monoisotopic (exact) mass is 664 g/mol. The molecule has 3 aliphatic heterocycles. The largest absolute Gasteiger partial charge is 0.508 e. The van der Waals surface area contributed by atoms with Crippen molar-refractivity contribution in [3.63, 3.8) is 0 Å². The molecule has 16 nitrogen and oxygen atoms in total. The minimum Gasteiger partial charge on any atom is -0.508 e. The third kappa shape index (κ3) is 5.70. The zero-order chi connectivity index (χ0) is 33.8. The Morgan fingerprint density at radius 2 is 1.77 bits per heavy atom. The number of fused-ring (bicyclic) bond motifs is 2. The SMILES string of the molecule is CC(=O)N1CCN(c2ncc3c(=O)c(C(=O)NC(C(=O)N[C@@H]4C(=O)N5[C@@H]4SC(C)(C)[C@@H]5C(=O)O)c4ccc(O)cc4)c[nH]c3n2)CC1. The molecule has 3 saturated heterocycles. The van der Waals surface area contributed by atoms with Gasteiger partial charge in [0.05, 0.1) is 5.39 Å². The average molecular weight is 665 g/mol. The molecule has 0 radical (unpaired) electrons. The number of β-lactam (4-membered cyclic amide) rings is 1. The van der Waals surface area contributed by atoms with E-state index in [0.717, 1.165) is 0 Å². The van der Waals surface area contributed by atoms with Crippen molar-refractivity contribution in [2.75, 3.05) is 31.1 Å². The van der Waals surface area contributed by atoms with E-state index < -0.39 is 57.4 Å². The van der Waals surface area contributed by atoms with E-state index in [1.165, 1.54) is 60.2 Å². The van der Waals surface area contributed by atoms with Gasteiger partial charge in [-0.2, -0.15) is 4.98 Å². The van der Waals surface area contributed by atoms with Crippen LogP contribution in [0, 0.1) is 0 Å². The number of piperazine rings is 1. The molecule has 2 aromatic heterocycles. The number of phenolic OH excluding ortho intramolecular Hbond substituents is 1. The van der Waals surface area contributed by atoms with E-state index in [2.05, 4.69) is 25.6 Å². The highest BCUT2D eigenvalue weighted by Gasteiger charge is 2.64. The quantitative estimate of drug-likeness (QED) is 0.207. The summed E-state index contributed by atoms with van der Waals surface area (Å²) in [6, 6.07) is 1.99. The number of nitrogens with one attached hydrogen (secondary N) is 3. The number of hydrogen-bond acceptors (Lipinski definition) is 11. The molecule has 0 bridgehead atoms. The second-order valence-electron chi connectivity index (χ2n) is 12.0. The molecule has 0 saturated carbocycles. The van der Waals surface area contributed by atoms with Gasteiger partial charge >= 0.3 is 5.97 Å². The number of pyridine rings is 1. The number of aromatic amines is 1. The number of carbonyl (C=O) groups excluding carboxylic acids is 4. The molecule has 0 aliphatic carbocycles. The minimum atomic E-state index is -1.39. The third-order valence-electron chi connectivity index (χ3n) is 8.61. The van der Waals surface area contributed by atoms with Gasteiger partial charge in [-0.1, -0.05) is 12.1 Å². The summed E-state index contributed by atoms with van der Waals surface area (Å²) in [5.74, 6) is -3.11. The van der Waals surface area contributed by atoms with Crippen LogP contribution in [0.4, 0.5) is 5.95 Å². The van der Waals surface area contributed by atoms with Gasteiger partial charge in [-0.05, 0) is 31.5 Å². The van der Waals surface area contributed by atoms with Crippen molar-refractivity contribution < 1.29 is 34.2 Å². The molecule has 1 unspecified atom stereocenters. The van der Waals surface area contributed by atoms with E-state index in [-0.39, 0.29) is 33.8 Å². The number of carbonyl (C=O) groups is 5. The normalized spacial score (nSPS) is 22.3. The van der Waals surface area contributed by atoms with Crippen LogP contribution in [0.25, 0.3) is 11.0 Å². The number of aromatic hydroxyl groups is 1. The van der Waals surface area contributed by atoms with Gasteiger partial charge in [0.1, 0.15) is 40.5 Å². The van der Waals surface area contributed by atoms with Crippen molar-refractivity contribution in [2.24, 2.45) is 0 Å². The molecule has 6 rings (SSSR count). The standard InChI is InChI=1S/C30H32N8O8S/c1-14(39)36-8-10-37(11-9-36)29-32-12-17-21(41)18(13-31-23(17)35-29)24(42)33-19(15-4-6-16(40)7-5-15)25(43)34-20-26(44)38-22(28(45)46)30(2,3)47-27(20)38/h4-7,12-13,19-20,22,27,40H,8-11H2,1-3H3,(H,33,42)(H,34,43)(H,45,46)(H,31,32,35,41)/t19?,20-,22+,27-/m1/s1. The fourth-order valence-corrected chi connectivity index (χ4v) is 7.73. The topological polar surface area (TPSA) is 218 Å². The first-order valence-corrected chi connectivity index (χ1v) is 15.7. The lowest BCUT2D eigenvalue weighted by Gasteiger charge is -2.44. The molecule has 1 aromatic carbocycles. The minimum absolute atomic E-state index is 0.0155. The van der Waals surface area contributed by atoms with Crippen LogP contribution >= 0.6 is 11.8 Å². The number of amides is 4. The van der Waals surface area contributed by atoms with Crippen molar-refractivity contribution in [1.29, 1.82) is 0 Å². The van der Waals surface area contributed by atoms with Gasteiger partial charge in [0.25, 0.3) is 5.91 Å². The average Bonchev–Trinajstić information content (AvgIpc) is 3.30. The molecule has 3 aliphatic rings. The summed E-state index contributed by atoms with van der Waals surface area (Å²) in [7, 11) is 0. The molecule has 17 heteroatoms. The van der Waals surface area contributed by atoms with Crippen molar-refractivity contribution in [2.45, 2.75) is 49.0 Å². The Kier molecular flexibility index (Phi) is 8.03. The van der Waals surface area contributed by atoms with Crippen LogP contribution in [-0.4, -0.2) is 113 Å². The van der Waals surface area contributed by atoms with E-state index in [0.29, 0.717) is 32.1 Å². The van der Waals surface area contributed by atoms with E-state index in [1.54, 1.807) is 18.7 Å². The highest BCUT2D eigenvalue weighted by atomic mass is 32.2. The summed E-state index contributed by atoms with van der Waals surface area (Å²) in [4.78, 5) is 93.5. The predicted molar refractivity (Wildman–Crippen MR) is 169 cm³/mol. The van der Waals surface area contributed by atoms with Gasteiger partial charge in [0.15, 0.2) is 0 Å². The number of H-pyrrole nitrogens is 1. The Hall–Kier alpha value is -5.19. The number of benzene rings is 1. The molecule has 246 valence electrons. The van der Waals surface area contributed by atoms with Crippen LogP contribution in [-0.2, 0) is 19.2 Å². The molecule has 47 heavy (non-hydrogen) atoms. The van der Waals surface area contributed by atoms with Crippen LogP contribution in [0.3, 0.4) is 0 Å². The molecule has 0 spiro atoms. The summed E-state index contributed by atoms with van der Waals surface area (Å²) in [6.45, 7) is 6.98. The van der Waals surface area contributed by atoms with Crippen molar-refractivity contribution in [3.05, 3.63) is 58.0 Å². The van der Waals surface area contributed by atoms with Crippen LogP contribution in [0.2, 0.25) is 0 Å². The lowest BCUT2D eigenvalue weighted by atomic mass is 9.95. The smallest absolute Gasteiger partial charge is 0.327 e. The number of anilines is 1. The molecular formula is C30H32N8O8S. The highest BCUT2D eigenvalue weighted by molar-refractivity contribution is 8.01. The molecule has 5 heterocycles. The lowest BCUT2D eigenvalue weighted by molar-refractivity contribution is -0.161. The van der Waals surface area contributed by atoms with E-state index >= 15 is 0 Å². The molecule has 3 fully saturated rings. The first kappa shape index (κ1) is 31.8. The first-order chi connectivity index (χ1) is 22.3. The van der Waals surface area contributed by atoms with Crippen LogP contribution in [0.1, 0.15) is 42.7 Å². The maximum absolute atomic E-state index is 13.6. The number of aliphatic carboxylic acids is 1. The maximum atomic E-state index is 13.6. The van der Waals surface area contributed by atoms with Gasteiger partial charge in [-0.25, -0.2) is 9.78 Å². The summed E-state index contributed by atoms with van der Waals surface area (Å²) >= 11 is 1.26. The Morgan fingerprint density at radius 3 is 2.40 bits per heavy atom. The number of aromatic nitrogens is 3. The Bertz CT molecular complexity index is 1860. The Morgan fingerprint density at radius 1 is 1.09 bits per heavy atom. The molecule has 4 atom stereocenters. The molecule has 5 N–H and O–H groups in total. The van der Waals surface area contributed by atoms with E-state index in [4.69, 9.17) is 0 Å². The predicted octanol–water partition coefficient (Wildman–Crippen LogP) is -0.205. The lowest BCUT2D eigenvalue weighted by Crippen LogP contribution is -2.71. The maximum Gasteiger partial charge on any atom is 0.327 e. The van der Waals surface area contributed by atoms with Gasteiger partial charge in [-0.15, -0.1) is 11.8 Å². The fraction of sp³-hybridized carbons (Fsp3) is 0.400. The number of hydrogen-bond donors (Lipinski definition) is 5. The number of carboxylic acids is 1. The van der Waals surface area contributed by atoms with E-state index in [1.807, 2.05) is 4.90 Å². The van der Waals surface area contributed by atoms with Crippen molar-refractivity contribution in [1.82, 2.24) is 35.4 Å². The van der Waals surface area contributed by atoms with E-state index in [9.17, 15) is 39.0 Å². The number of phenols is 1. The van der Waals surface area contributed by atoms with Gasteiger partial charge < -0.3 is 40.5 Å². The summed E-state index contributed by atoms with van der Waals surface area (Å²) in [6.07, 6.45) is 2.50. The molecular weight excluding hydrogens is 632 g/mol. The molecule has 4 amide bonds. The second kappa shape index (κ2) is 11.9. The number of thioether (sulfide) groups is 1. The Labute approximate surface area is 271 Å². The molecule has 3 aromatic rings. The van der Waals surface area contributed by atoms with Gasteiger partial charge in [0.2, 0.25) is 29.1 Å². The summed E-state index contributed by atoms with van der Waals surface area (Å²) in [5, 5.41) is 24.1. The van der Waals surface area contributed by atoms with Gasteiger partial charge in [0, 0.05) is 50.2 Å². The number of carboxylic acid groups (broad SMARTS) is 1. The first-order valence-electron chi connectivity index (χ1n) is 14.8. The summed E-state index contributed by atoms with van der Waals surface area (Å²) in [5.41, 5.74) is -0.537. The van der Waals surface area contributed by atoms with Crippen molar-refractivity contribution in [3.8, 4) is 5.75 Å². The van der Waals surface area contributed by atoms with Gasteiger partial charge in [-0.3, -0.25) is 24.0 Å².